The lowest BCUT2D eigenvalue weighted by Crippen LogP contribution is -2.36. The van der Waals surface area contributed by atoms with Crippen molar-refractivity contribution in [3.05, 3.63) is 35.7 Å². The molecule has 170 valence electrons. The molecule has 4 N–H and O–H groups in total. The highest BCUT2D eigenvalue weighted by molar-refractivity contribution is 6.15. The van der Waals surface area contributed by atoms with Gasteiger partial charge in [-0.3, -0.25) is 0 Å². The fourth-order valence-electron chi connectivity index (χ4n) is 4.44. The number of nitrogen functional groups attached to an aromatic ring is 1. The number of benzene rings is 1. The number of ether oxygens (including phenoxy) is 2. The lowest BCUT2D eigenvalue weighted by Gasteiger charge is -2.35. The van der Waals surface area contributed by atoms with Crippen molar-refractivity contribution < 1.29 is 19.1 Å². The van der Waals surface area contributed by atoms with Crippen molar-refractivity contribution in [2.45, 2.75) is 57.1 Å². The molecule has 0 bridgehead atoms. The Hall–Kier alpha value is -3.20. The fraction of sp³-hybridized carbons (Fsp3) is 0.478. The molecule has 2 aromatic rings. The number of aromatic nitrogens is 2. The summed E-state index contributed by atoms with van der Waals surface area (Å²) in [5.74, 6) is 0.607. The quantitative estimate of drug-likeness (QED) is 0.536. The summed E-state index contributed by atoms with van der Waals surface area (Å²) >= 11 is 0. The van der Waals surface area contributed by atoms with E-state index in [9.17, 15) is 4.79 Å². The van der Waals surface area contributed by atoms with Gasteiger partial charge in [0.2, 0.25) is 6.61 Å². The highest BCUT2D eigenvalue weighted by Crippen LogP contribution is 2.45. The minimum atomic E-state index is -0.667. The zero-order valence-electron chi connectivity index (χ0n) is 18.6. The largest absolute Gasteiger partial charge is 0.490 e. The number of carbonyl (C=O) groups excluding carboxylic acids is 1. The Morgan fingerprint density at radius 3 is 2.66 bits per heavy atom. The SMILES string of the molecule is COC(=O)CO/N=C1\c2cc(O[C@H]3CC[C@H](N)CC3)ccc2-c2ncnc(N)c2C1(C)C. The van der Waals surface area contributed by atoms with E-state index in [0.29, 0.717) is 11.5 Å². The summed E-state index contributed by atoms with van der Waals surface area (Å²) in [5, 5.41) is 4.34. The lowest BCUT2D eigenvalue weighted by molar-refractivity contribution is -0.145. The second kappa shape index (κ2) is 8.74. The molecule has 0 saturated heterocycles. The van der Waals surface area contributed by atoms with E-state index < -0.39 is 11.4 Å². The third-order valence-corrected chi connectivity index (χ3v) is 6.18. The summed E-state index contributed by atoms with van der Waals surface area (Å²) in [6.07, 6.45) is 5.37. The molecule has 0 unspecified atom stereocenters. The number of esters is 1. The van der Waals surface area contributed by atoms with Crippen LogP contribution in [0.4, 0.5) is 5.82 Å². The zero-order chi connectivity index (χ0) is 22.9. The average Bonchev–Trinajstić information content (AvgIpc) is 2.77. The van der Waals surface area contributed by atoms with Crippen LogP contribution in [0.15, 0.2) is 29.7 Å². The minimum Gasteiger partial charge on any atom is -0.490 e. The van der Waals surface area contributed by atoms with Crippen LogP contribution in [0.2, 0.25) is 0 Å². The van der Waals surface area contributed by atoms with Gasteiger partial charge < -0.3 is 25.8 Å². The Balaban J connectivity index is 1.75. The first kappa shape index (κ1) is 22.0. The third-order valence-electron chi connectivity index (χ3n) is 6.18. The molecule has 1 aromatic heterocycles. The van der Waals surface area contributed by atoms with Crippen molar-refractivity contribution in [3.8, 4) is 17.0 Å². The monoisotopic (exact) mass is 439 g/mol. The van der Waals surface area contributed by atoms with Crippen LogP contribution in [0, 0.1) is 0 Å². The molecule has 9 nitrogen and oxygen atoms in total. The van der Waals surface area contributed by atoms with Gasteiger partial charge in [-0.05, 0) is 57.7 Å². The third kappa shape index (κ3) is 4.12. The number of nitrogens with zero attached hydrogens (tertiary/aromatic N) is 3. The zero-order valence-corrected chi connectivity index (χ0v) is 18.6. The van der Waals surface area contributed by atoms with Gasteiger partial charge in [-0.1, -0.05) is 5.16 Å². The molecule has 2 aliphatic carbocycles. The van der Waals surface area contributed by atoms with E-state index in [2.05, 4.69) is 19.9 Å². The Morgan fingerprint density at radius 1 is 1.19 bits per heavy atom. The van der Waals surface area contributed by atoms with Crippen LogP contribution in [-0.4, -0.2) is 47.5 Å². The van der Waals surface area contributed by atoms with Crippen molar-refractivity contribution in [3.63, 3.8) is 0 Å². The summed E-state index contributed by atoms with van der Waals surface area (Å²) in [6, 6.07) is 6.09. The standard InChI is InChI=1S/C23H29N5O4/c1-23(2)19-20(26-12-27-22(19)25)16-9-8-15(32-14-6-4-13(24)5-7-14)10-17(16)21(23)28-31-11-18(29)30-3/h8-10,12-14H,4-7,11,24H2,1-3H3,(H2,25,26,27)/b28-21+/t13-,14-. The van der Waals surface area contributed by atoms with Crippen LogP contribution in [-0.2, 0) is 19.8 Å². The number of methoxy groups -OCH3 is 1. The molecule has 0 radical (unpaired) electrons. The number of oxime groups is 1. The van der Waals surface area contributed by atoms with E-state index in [-0.39, 0.29) is 18.8 Å². The van der Waals surface area contributed by atoms with Gasteiger partial charge in [-0.2, -0.15) is 0 Å². The van der Waals surface area contributed by atoms with Crippen molar-refractivity contribution in [2.24, 2.45) is 10.9 Å². The Labute approximate surface area is 187 Å². The predicted molar refractivity (Wildman–Crippen MR) is 120 cm³/mol. The molecule has 9 heteroatoms. The Morgan fingerprint density at radius 2 is 1.94 bits per heavy atom. The smallest absolute Gasteiger partial charge is 0.346 e. The van der Waals surface area contributed by atoms with Gasteiger partial charge in [0.25, 0.3) is 0 Å². The van der Waals surface area contributed by atoms with Crippen LogP contribution < -0.4 is 16.2 Å². The van der Waals surface area contributed by atoms with Crippen molar-refractivity contribution in [1.29, 1.82) is 0 Å². The van der Waals surface area contributed by atoms with Crippen LogP contribution >= 0.6 is 0 Å². The van der Waals surface area contributed by atoms with Crippen LogP contribution in [0.1, 0.15) is 50.7 Å². The fourth-order valence-corrected chi connectivity index (χ4v) is 4.44. The van der Waals surface area contributed by atoms with Crippen LogP contribution in [0.3, 0.4) is 0 Å². The molecule has 0 spiro atoms. The molecule has 1 fully saturated rings. The number of hydrogen-bond donors (Lipinski definition) is 2. The summed E-state index contributed by atoms with van der Waals surface area (Å²) < 4.78 is 10.9. The van der Waals surface area contributed by atoms with Gasteiger partial charge in [-0.25, -0.2) is 14.8 Å². The second-order valence-corrected chi connectivity index (χ2v) is 8.76. The van der Waals surface area contributed by atoms with E-state index in [0.717, 1.165) is 53.8 Å². The van der Waals surface area contributed by atoms with Crippen molar-refractivity contribution in [1.82, 2.24) is 9.97 Å². The van der Waals surface area contributed by atoms with Gasteiger partial charge in [0.1, 0.15) is 17.9 Å². The number of anilines is 1. The minimum absolute atomic E-state index is 0.130. The molecule has 1 heterocycles. The summed E-state index contributed by atoms with van der Waals surface area (Å²) in [5.41, 5.74) is 15.4. The molecule has 0 aliphatic heterocycles. The summed E-state index contributed by atoms with van der Waals surface area (Å²) in [7, 11) is 1.30. The van der Waals surface area contributed by atoms with E-state index in [4.69, 9.17) is 21.0 Å². The van der Waals surface area contributed by atoms with Gasteiger partial charge in [0.15, 0.2) is 0 Å². The number of hydrogen-bond acceptors (Lipinski definition) is 9. The highest BCUT2D eigenvalue weighted by atomic mass is 16.6. The first-order valence-corrected chi connectivity index (χ1v) is 10.8. The maximum Gasteiger partial charge on any atom is 0.346 e. The maximum absolute atomic E-state index is 11.5. The molecular formula is C23H29N5O4. The Bertz CT molecular complexity index is 1040. The molecule has 2 aliphatic rings. The second-order valence-electron chi connectivity index (χ2n) is 8.76. The van der Waals surface area contributed by atoms with Crippen LogP contribution in [0.25, 0.3) is 11.3 Å². The Kier molecular flexibility index (Phi) is 6.01. The highest BCUT2D eigenvalue weighted by Gasteiger charge is 2.41. The van der Waals surface area contributed by atoms with Gasteiger partial charge in [-0.15, -0.1) is 0 Å². The average molecular weight is 440 g/mol. The molecule has 32 heavy (non-hydrogen) atoms. The normalized spacial score (nSPS) is 22.6. The summed E-state index contributed by atoms with van der Waals surface area (Å²) in [4.78, 5) is 25.6. The lowest BCUT2D eigenvalue weighted by atomic mass is 9.70. The number of carbonyl (C=O) groups is 1. The van der Waals surface area contributed by atoms with E-state index in [1.165, 1.54) is 13.4 Å². The topological polar surface area (TPSA) is 135 Å². The predicted octanol–water partition coefficient (Wildman–Crippen LogP) is 2.56. The van der Waals surface area contributed by atoms with Crippen LogP contribution in [0.5, 0.6) is 5.75 Å². The van der Waals surface area contributed by atoms with E-state index in [1.807, 2.05) is 32.0 Å². The molecule has 0 atom stereocenters. The molecule has 1 saturated carbocycles. The number of fused-ring (bicyclic) bond motifs is 3. The molecule has 1 aromatic carbocycles. The first-order chi connectivity index (χ1) is 15.3. The van der Waals surface area contributed by atoms with Gasteiger partial charge in [0, 0.05) is 28.1 Å². The first-order valence-electron chi connectivity index (χ1n) is 10.8. The van der Waals surface area contributed by atoms with Crippen molar-refractivity contribution in [2.75, 3.05) is 19.5 Å². The van der Waals surface area contributed by atoms with Gasteiger partial charge >= 0.3 is 5.97 Å². The molecule has 0 amide bonds. The van der Waals surface area contributed by atoms with E-state index in [1.54, 1.807) is 0 Å². The van der Waals surface area contributed by atoms with Gasteiger partial charge in [0.05, 0.1) is 24.6 Å². The maximum atomic E-state index is 11.5. The number of nitrogens with two attached hydrogens (primary N) is 2. The molecule has 4 rings (SSSR count). The summed E-state index contributed by atoms with van der Waals surface area (Å²) in [6.45, 7) is 3.66. The molecular weight excluding hydrogens is 410 g/mol. The van der Waals surface area contributed by atoms with Crippen molar-refractivity contribution >= 4 is 17.5 Å². The van der Waals surface area contributed by atoms with E-state index >= 15 is 0 Å². The number of rotatable bonds is 5.